The Kier molecular flexibility index (Phi) is 6.17. The van der Waals surface area contributed by atoms with E-state index in [-0.39, 0.29) is 5.91 Å². The molecule has 6 nitrogen and oxygen atoms in total. The minimum atomic E-state index is -3.30. The van der Waals surface area contributed by atoms with Crippen molar-refractivity contribution in [3.05, 3.63) is 23.8 Å². The topological polar surface area (TPSA) is 87.3 Å². The first-order valence-electron chi connectivity index (χ1n) is 6.79. The highest BCUT2D eigenvalue weighted by Gasteiger charge is 2.07. The van der Waals surface area contributed by atoms with Gasteiger partial charge in [0, 0.05) is 24.7 Å². The molecule has 118 valence electrons. The Labute approximate surface area is 126 Å². The summed E-state index contributed by atoms with van der Waals surface area (Å²) in [6.07, 6.45) is 1.49. The third kappa shape index (κ3) is 7.10. The van der Waals surface area contributed by atoms with E-state index in [0.717, 1.165) is 11.8 Å². The standard InChI is InChI=1S/C14H23N3O3S/c1-10(2)15-8-7-14(18)16-12-5-6-13(11(3)9-12)17-21(4,19)20/h5-6,9-10,15,17H,7-8H2,1-4H3,(H,16,18). The number of amides is 1. The van der Waals surface area contributed by atoms with Gasteiger partial charge < -0.3 is 10.6 Å². The molecule has 0 aliphatic rings. The summed E-state index contributed by atoms with van der Waals surface area (Å²) in [5.74, 6) is -0.0774. The van der Waals surface area contributed by atoms with Crippen molar-refractivity contribution in [2.24, 2.45) is 0 Å². The van der Waals surface area contributed by atoms with E-state index in [2.05, 4.69) is 15.4 Å². The Morgan fingerprint density at radius 1 is 1.29 bits per heavy atom. The lowest BCUT2D eigenvalue weighted by molar-refractivity contribution is -0.116. The van der Waals surface area contributed by atoms with Crippen molar-refractivity contribution in [2.45, 2.75) is 33.2 Å². The van der Waals surface area contributed by atoms with Crippen molar-refractivity contribution < 1.29 is 13.2 Å². The SMILES string of the molecule is Cc1cc(NC(=O)CCNC(C)C)ccc1NS(C)(=O)=O. The molecule has 0 heterocycles. The fourth-order valence-electron chi connectivity index (χ4n) is 1.75. The van der Waals surface area contributed by atoms with E-state index in [4.69, 9.17) is 0 Å². The molecule has 0 aliphatic heterocycles. The van der Waals surface area contributed by atoms with Gasteiger partial charge in [0.2, 0.25) is 15.9 Å². The quantitative estimate of drug-likeness (QED) is 0.715. The van der Waals surface area contributed by atoms with Crippen molar-refractivity contribution in [1.82, 2.24) is 5.32 Å². The van der Waals surface area contributed by atoms with Crippen LogP contribution in [0.1, 0.15) is 25.8 Å². The lowest BCUT2D eigenvalue weighted by Gasteiger charge is -2.11. The number of hydrogen-bond donors (Lipinski definition) is 3. The Balaban J connectivity index is 2.61. The number of benzene rings is 1. The molecule has 21 heavy (non-hydrogen) atoms. The van der Waals surface area contributed by atoms with Crippen LogP contribution in [0.2, 0.25) is 0 Å². The van der Waals surface area contributed by atoms with Crippen LogP contribution in [-0.2, 0) is 14.8 Å². The molecule has 0 unspecified atom stereocenters. The molecule has 0 spiro atoms. The molecule has 3 N–H and O–H groups in total. The molecule has 0 radical (unpaired) electrons. The number of nitrogens with one attached hydrogen (secondary N) is 3. The van der Waals surface area contributed by atoms with E-state index >= 15 is 0 Å². The molecule has 1 amide bonds. The Morgan fingerprint density at radius 2 is 1.95 bits per heavy atom. The first-order valence-corrected chi connectivity index (χ1v) is 8.68. The van der Waals surface area contributed by atoms with Gasteiger partial charge in [0.1, 0.15) is 0 Å². The van der Waals surface area contributed by atoms with Gasteiger partial charge in [-0.05, 0) is 30.7 Å². The van der Waals surface area contributed by atoms with E-state index < -0.39 is 10.0 Å². The van der Waals surface area contributed by atoms with Gasteiger partial charge in [0.05, 0.1) is 11.9 Å². The van der Waals surface area contributed by atoms with Gasteiger partial charge in [-0.3, -0.25) is 9.52 Å². The Hall–Kier alpha value is -1.60. The molecule has 0 saturated carbocycles. The first-order chi connectivity index (χ1) is 9.67. The summed E-state index contributed by atoms with van der Waals surface area (Å²) in [6, 6.07) is 5.40. The summed E-state index contributed by atoms with van der Waals surface area (Å²) in [4.78, 5) is 11.8. The number of rotatable bonds is 7. The molecule has 1 aromatic rings. The van der Waals surface area contributed by atoms with Crippen LogP contribution >= 0.6 is 0 Å². The number of carbonyl (C=O) groups is 1. The molecule has 0 saturated heterocycles. The van der Waals surface area contributed by atoms with Gasteiger partial charge >= 0.3 is 0 Å². The minimum absolute atomic E-state index is 0.0774. The maximum Gasteiger partial charge on any atom is 0.229 e. The average molecular weight is 313 g/mol. The van der Waals surface area contributed by atoms with Gasteiger partial charge in [-0.2, -0.15) is 0 Å². The molecule has 1 rings (SSSR count). The zero-order valence-electron chi connectivity index (χ0n) is 12.9. The predicted octanol–water partition coefficient (Wildman–Crippen LogP) is 1.69. The molecule has 0 bridgehead atoms. The summed E-state index contributed by atoms with van der Waals surface area (Å²) in [5, 5.41) is 5.96. The van der Waals surface area contributed by atoms with Gasteiger partial charge in [-0.1, -0.05) is 13.8 Å². The minimum Gasteiger partial charge on any atom is -0.326 e. The predicted molar refractivity (Wildman–Crippen MR) is 86.0 cm³/mol. The highest BCUT2D eigenvalue weighted by Crippen LogP contribution is 2.20. The Bertz CT molecular complexity index is 597. The van der Waals surface area contributed by atoms with Crippen molar-refractivity contribution in [3.8, 4) is 0 Å². The Morgan fingerprint density at radius 3 is 2.48 bits per heavy atom. The van der Waals surface area contributed by atoms with Crippen LogP contribution in [0.4, 0.5) is 11.4 Å². The molecule has 0 aliphatic carbocycles. The van der Waals surface area contributed by atoms with Crippen LogP contribution in [0.5, 0.6) is 0 Å². The highest BCUT2D eigenvalue weighted by molar-refractivity contribution is 7.92. The largest absolute Gasteiger partial charge is 0.326 e. The molecule has 0 fully saturated rings. The third-order valence-electron chi connectivity index (χ3n) is 2.71. The summed E-state index contributed by atoms with van der Waals surface area (Å²) in [5.41, 5.74) is 1.91. The average Bonchev–Trinajstić information content (AvgIpc) is 2.30. The molecule has 0 atom stereocenters. The van der Waals surface area contributed by atoms with Crippen LogP contribution in [-0.4, -0.2) is 33.2 Å². The van der Waals surface area contributed by atoms with Crippen LogP contribution in [0.15, 0.2) is 18.2 Å². The maximum atomic E-state index is 11.8. The molecule has 7 heteroatoms. The number of hydrogen-bond acceptors (Lipinski definition) is 4. The van der Waals surface area contributed by atoms with E-state index in [9.17, 15) is 13.2 Å². The summed E-state index contributed by atoms with van der Waals surface area (Å²) in [7, 11) is -3.30. The normalized spacial score (nSPS) is 11.5. The third-order valence-corrected chi connectivity index (χ3v) is 3.30. The summed E-state index contributed by atoms with van der Waals surface area (Å²) in [6.45, 7) is 6.45. The molecular weight excluding hydrogens is 290 g/mol. The number of sulfonamides is 1. The van der Waals surface area contributed by atoms with Crippen molar-refractivity contribution in [3.63, 3.8) is 0 Å². The lowest BCUT2D eigenvalue weighted by atomic mass is 10.2. The first kappa shape index (κ1) is 17.5. The van der Waals surface area contributed by atoms with E-state index in [1.54, 1.807) is 25.1 Å². The van der Waals surface area contributed by atoms with Crippen molar-refractivity contribution in [2.75, 3.05) is 22.8 Å². The lowest BCUT2D eigenvalue weighted by Crippen LogP contribution is -2.27. The number of anilines is 2. The second-order valence-corrected chi connectivity index (χ2v) is 7.06. The second kappa shape index (κ2) is 7.42. The molecule has 1 aromatic carbocycles. The zero-order chi connectivity index (χ0) is 16.0. The fraction of sp³-hybridized carbons (Fsp3) is 0.500. The van der Waals surface area contributed by atoms with Gasteiger partial charge in [-0.25, -0.2) is 8.42 Å². The summed E-state index contributed by atoms with van der Waals surface area (Å²) < 4.78 is 24.8. The second-order valence-electron chi connectivity index (χ2n) is 5.31. The summed E-state index contributed by atoms with van der Waals surface area (Å²) >= 11 is 0. The van der Waals surface area contributed by atoms with Crippen molar-refractivity contribution in [1.29, 1.82) is 0 Å². The van der Waals surface area contributed by atoms with Gasteiger partial charge in [0.15, 0.2) is 0 Å². The van der Waals surface area contributed by atoms with Crippen molar-refractivity contribution >= 4 is 27.3 Å². The number of carbonyl (C=O) groups excluding carboxylic acids is 1. The van der Waals surface area contributed by atoms with Crippen LogP contribution in [0.25, 0.3) is 0 Å². The van der Waals surface area contributed by atoms with Crippen LogP contribution < -0.4 is 15.4 Å². The monoisotopic (exact) mass is 313 g/mol. The number of aryl methyl sites for hydroxylation is 1. The van der Waals surface area contributed by atoms with Gasteiger partial charge in [0.25, 0.3) is 0 Å². The van der Waals surface area contributed by atoms with Crippen LogP contribution in [0.3, 0.4) is 0 Å². The molecule has 0 aromatic heterocycles. The van der Waals surface area contributed by atoms with E-state index in [1.807, 2.05) is 13.8 Å². The molecular formula is C14H23N3O3S. The zero-order valence-corrected chi connectivity index (χ0v) is 13.7. The smallest absolute Gasteiger partial charge is 0.229 e. The maximum absolute atomic E-state index is 11.8. The highest BCUT2D eigenvalue weighted by atomic mass is 32.2. The van der Waals surface area contributed by atoms with Crippen LogP contribution in [0, 0.1) is 6.92 Å². The van der Waals surface area contributed by atoms with E-state index in [0.29, 0.717) is 30.4 Å². The fourth-order valence-corrected chi connectivity index (χ4v) is 2.38. The van der Waals surface area contributed by atoms with E-state index in [1.165, 1.54) is 0 Å². The van der Waals surface area contributed by atoms with Gasteiger partial charge in [-0.15, -0.1) is 0 Å².